The van der Waals surface area contributed by atoms with Gasteiger partial charge in [-0.3, -0.25) is 32.9 Å². The first-order valence-electron chi connectivity index (χ1n) is 24.4. The zero-order valence-corrected chi connectivity index (χ0v) is 43.8. The molecule has 0 bridgehead atoms. The van der Waals surface area contributed by atoms with Crippen molar-refractivity contribution in [1.82, 2.24) is 30.2 Å². The van der Waals surface area contributed by atoms with Gasteiger partial charge in [-0.15, -0.1) is 0 Å². The fourth-order valence-corrected chi connectivity index (χ4v) is 11.5. The summed E-state index contributed by atoms with van der Waals surface area (Å²) in [5.74, 6) is -1.45. The van der Waals surface area contributed by atoms with E-state index in [4.69, 9.17) is 15.2 Å². The van der Waals surface area contributed by atoms with Crippen LogP contribution in [0.5, 0.6) is 0 Å². The minimum atomic E-state index is -5.94. The van der Waals surface area contributed by atoms with Crippen molar-refractivity contribution in [3.63, 3.8) is 0 Å². The number of nitrogen functional groups attached to an aromatic ring is 1. The van der Waals surface area contributed by atoms with Gasteiger partial charge >= 0.3 is 0 Å². The summed E-state index contributed by atoms with van der Waals surface area (Å²) in [4.78, 5) is 109. The maximum Gasteiger partial charge on any atom is 0.293 e. The van der Waals surface area contributed by atoms with Gasteiger partial charge in [-0.25, -0.2) is 19.3 Å². The summed E-state index contributed by atoms with van der Waals surface area (Å²) in [6, 6.07) is 8.77. The van der Waals surface area contributed by atoms with E-state index in [9.17, 15) is 62.7 Å². The molecule has 2 amide bonds. The second kappa shape index (κ2) is 25.4. The fourth-order valence-electron chi connectivity index (χ4n) is 8.78. The van der Waals surface area contributed by atoms with Gasteiger partial charge in [0, 0.05) is 36.8 Å². The van der Waals surface area contributed by atoms with Crippen LogP contribution in [0.4, 0.5) is 5.82 Å². The number of aliphatic hydroxyl groups excluding tert-OH is 2. The number of phosphoric acid groups is 3. The number of carbonyl (C=O) groups excluding carboxylic acids is 4. The van der Waals surface area contributed by atoms with Gasteiger partial charge in [-0.2, -0.15) is 0 Å². The monoisotopic (exact) mass is 1100 g/mol. The zero-order valence-electron chi connectivity index (χ0n) is 41.1. The van der Waals surface area contributed by atoms with Crippen LogP contribution in [0.3, 0.4) is 0 Å². The minimum absolute atomic E-state index is 0.0228. The summed E-state index contributed by atoms with van der Waals surface area (Å²) < 4.78 is 66.3. The molecule has 6 N–H and O–H groups in total. The molecule has 74 heavy (non-hydrogen) atoms. The quantitative estimate of drug-likeness (QED) is 0.0319. The molecule has 2 aromatic heterocycles. The predicted octanol–water partition coefficient (Wildman–Crippen LogP) is 1.23. The number of hydrogen-bond acceptors (Lipinski definition) is 23. The molecule has 7 unspecified atom stereocenters. The van der Waals surface area contributed by atoms with Crippen molar-refractivity contribution in [3.05, 3.63) is 48.0 Å². The van der Waals surface area contributed by atoms with Crippen LogP contribution in [-0.4, -0.2) is 110 Å². The van der Waals surface area contributed by atoms with Gasteiger partial charge in [0.2, 0.25) is 11.8 Å². The summed E-state index contributed by atoms with van der Waals surface area (Å²) in [6.45, 7) is 0.584. The molecule has 3 fully saturated rings. The maximum atomic E-state index is 13.1. The van der Waals surface area contributed by atoms with Crippen LogP contribution < -0.4 is 35.9 Å². The number of hydrogen-bond donors (Lipinski definition) is 5. The molecule has 29 heteroatoms. The molecular weight excluding hydrogens is 1040 g/mol. The minimum Gasteiger partial charge on any atom is -0.790 e. The number of aryl methyl sites for hydroxylation is 2. The SMILES string of the molecule is CC(C)(COP(=O)([O-])OP(=O)([O-])OCC1OC(n2cnc3c(N)ncnc32)C(O)C1OP(=O)([O-])[O-])C(O)C(=O)NCCC(=O)NCCC(=O)C1(CCCCCCc2ccc(CCCCC3(OC=O)CC3)cc2)CC1. The number of fused-ring (bicyclic) bond motifs is 1. The van der Waals surface area contributed by atoms with E-state index < -0.39 is 84.6 Å². The van der Waals surface area contributed by atoms with Crippen LogP contribution >= 0.6 is 23.5 Å². The molecule has 412 valence electrons. The van der Waals surface area contributed by atoms with Gasteiger partial charge in [-0.1, -0.05) is 57.4 Å². The summed E-state index contributed by atoms with van der Waals surface area (Å²) in [5.41, 5.74) is 6.16. The second-order valence-corrected chi connectivity index (χ2v) is 23.8. The maximum absolute atomic E-state index is 13.1. The predicted molar refractivity (Wildman–Crippen MR) is 252 cm³/mol. The number of benzene rings is 1. The van der Waals surface area contributed by atoms with E-state index in [-0.39, 0.29) is 59.7 Å². The number of nitrogens with one attached hydrogen (secondary N) is 2. The number of ketones is 1. The number of nitrogens with two attached hydrogens (primary N) is 1. The highest BCUT2D eigenvalue weighted by molar-refractivity contribution is 7.59. The van der Waals surface area contributed by atoms with Crippen molar-refractivity contribution in [2.75, 3.05) is 32.0 Å². The molecule has 2 aliphatic carbocycles. The summed E-state index contributed by atoms with van der Waals surface area (Å²) in [5, 5.41) is 26.6. The van der Waals surface area contributed by atoms with Gasteiger partial charge in [0.15, 0.2) is 17.7 Å². The molecule has 7 atom stereocenters. The molecular formula is C45H64N7O19P3-4. The summed E-state index contributed by atoms with van der Waals surface area (Å²) >= 11 is 0. The average molecular weight is 1100 g/mol. The Morgan fingerprint density at radius 2 is 1.51 bits per heavy atom. The van der Waals surface area contributed by atoms with E-state index in [0.717, 1.165) is 107 Å². The number of anilines is 1. The van der Waals surface area contributed by atoms with Crippen molar-refractivity contribution in [1.29, 1.82) is 0 Å². The lowest BCUT2D eigenvalue weighted by molar-refractivity contribution is -0.347. The Kier molecular flexibility index (Phi) is 20.3. The van der Waals surface area contributed by atoms with Gasteiger partial charge in [-0.05, 0) is 81.8 Å². The number of phosphoric ester groups is 3. The second-order valence-electron chi connectivity index (χ2n) is 19.8. The number of carbonyl (C=O) groups is 4. The largest absolute Gasteiger partial charge is 0.790 e. The Hall–Kier alpha value is -4.10. The van der Waals surface area contributed by atoms with E-state index in [2.05, 4.69) is 67.7 Å². The van der Waals surface area contributed by atoms with Crippen LogP contribution in [0.15, 0.2) is 36.9 Å². The highest BCUT2D eigenvalue weighted by Crippen LogP contribution is 2.57. The number of aromatic nitrogens is 4. The molecule has 3 aliphatic rings. The van der Waals surface area contributed by atoms with Crippen molar-refractivity contribution >= 4 is 64.5 Å². The van der Waals surface area contributed by atoms with Crippen LogP contribution in [0, 0.1) is 10.8 Å². The van der Waals surface area contributed by atoms with Crippen LogP contribution in [0.2, 0.25) is 0 Å². The Morgan fingerprint density at radius 1 is 0.892 bits per heavy atom. The molecule has 3 aromatic rings. The number of aliphatic hydroxyl groups is 2. The normalized spacial score (nSPS) is 22.1. The Bertz CT molecular complexity index is 2560. The molecule has 0 radical (unpaired) electrons. The van der Waals surface area contributed by atoms with E-state index in [1.54, 1.807) is 0 Å². The number of imidazole rings is 1. The molecule has 1 aliphatic heterocycles. The fraction of sp³-hybridized carbons (Fsp3) is 0.667. The van der Waals surface area contributed by atoms with Gasteiger partial charge in [0.1, 0.15) is 47.6 Å². The van der Waals surface area contributed by atoms with Gasteiger partial charge < -0.3 is 73.8 Å². The van der Waals surface area contributed by atoms with Crippen molar-refractivity contribution in [3.8, 4) is 0 Å². The number of unbranched alkanes of at least 4 members (excludes halogenated alkanes) is 4. The lowest BCUT2D eigenvalue weighted by atomic mass is 9.87. The molecule has 0 spiro atoms. The molecule has 1 saturated heterocycles. The Morgan fingerprint density at radius 3 is 2.15 bits per heavy atom. The van der Waals surface area contributed by atoms with Crippen molar-refractivity contribution < 1.29 is 90.0 Å². The van der Waals surface area contributed by atoms with E-state index >= 15 is 0 Å². The Balaban J connectivity index is 0.825. The molecule has 2 saturated carbocycles. The first kappa shape index (κ1) is 59.1. The molecule has 26 nitrogen and oxygen atoms in total. The lowest BCUT2D eigenvalue weighted by Gasteiger charge is -2.36. The third kappa shape index (κ3) is 17.2. The van der Waals surface area contributed by atoms with Crippen LogP contribution in [0.1, 0.15) is 121 Å². The number of nitrogens with zero attached hydrogens (tertiary/aromatic N) is 4. The smallest absolute Gasteiger partial charge is 0.293 e. The van der Waals surface area contributed by atoms with E-state index in [1.807, 2.05) is 0 Å². The van der Waals surface area contributed by atoms with Gasteiger partial charge in [0.05, 0.1) is 27.4 Å². The van der Waals surface area contributed by atoms with Crippen LogP contribution in [0.25, 0.3) is 11.2 Å². The highest BCUT2D eigenvalue weighted by atomic mass is 31.3. The number of ether oxygens (including phenoxy) is 2. The average Bonchev–Trinajstić information content (AvgIpc) is 4.23. The van der Waals surface area contributed by atoms with Gasteiger partial charge in [0.25, 0.3) is 22.1 Å². The zero-order chi connectivity index (χ0) is 54.0. The Labute approximate surface area is 427 Å². The highest BCUT2D eigenvalue weighted by Gasteiger charge is 2.49. The standard InChI is InChI=1S/C45H68N7O19P3/c1-43(2,26-68-74(64,65)71-73(62,63)67-25-32-37(70-72(59,60)61)36(56)42(69-32)52-28-51-35-39(46)49-27-50-40(35)52)38(57)41(58)48-24-16-34(55)47-23-15-33(54)44(19-20-44)17-7-4-3-5-9-30-11-13-31(14-12-30)10-6-8-18-45(21-22-45)66-29-53/h11-14,27-29,32,36-38,42,56-57H,3-10,15-26H2,1-2H3,(H,47,55)(H,48,58)(H,62,63)(H,64,65)(H2,46,49,50)(H2,59,60,61)/p-4. The number of Topliss-reactive ketones (excluding diaryl/α,β-unsaturated/α-hetero) is 1. The number of rotatable bonds is 34. The first-order chi connectivity index (χ1) is 34.9. The molecule has 6 rings (SSSR count). The topological polar surface area (TPSA) is 401 Å². The summed E-state index contributed by atoms with van der Waals surface area (Å²) in [6.07, 6.45) is 6.03. The first-order valence-corrected chi connectivity index (χ1v) is 28.8. The van der Waals surface area contributed by atoms with Crippen molar-refractivity contribution in [2.45, 2.75) is 153 Å². The van der Waals surface area contributed by atoms with E-state index in [0.29, 0.717) is 6.47 Å². The lowest BCUT2D eigenvalue weighted by Crippen LogP contribution is -2.46. The molecule has 1 aromatic carbocycles. The van der Waals surface area contributed by atoms with Crippen LogP contribution in [-0.2, 0) is 73.1 Å². The van der Waals surface area contributed by atoms with E-state index in [1.165, 1.54) is 25.0 Å². The number of amides is 2. The third-order valence-corrected chi connectivity index (χ3v) is 16.5. The molecule has 3 heterocycles. The van der Waals surface area contributed by atoms with Crippen molar-refractivity contribution in [2.24, 2.45) is 10.8 Å². The third-order valence-electron chi connectivity index (χ3n) is 13.5. The summed E-state index contributed by atoms with van der Waals surface area (Å²) in [7, 11) is -17.7.